The topological polar surface area (TPSA) is 30.2 Å². The molecule has 19 heavy (non-hydrogen) atoms. The first kappa shape index (κ1) is 12.7. The van der Waals surface area contributed by atoms with Crippen LogP contribution in [0.25, 0.3) is 5.52 Å². The van der Waals surface area contributed by atoms with E-state index >= 15 is 0 Å². The van der Waals surface area contributed by atoms with E-state index in [2.05, 4.69) is 9.97 Å². The summed E-state index contributed by atoms with van der Waals surface area (Å²) < 4.78 is 1.90. The molecule has 0 saturated carbocycles. The summed E-state index contributed by atoms with van der Waals surface area (Å²) in [6.45, 7) is 0. The molecule has 0 aliphatic heterocycles. The number of halogens is 3. The maximum atomic E-state index is 6.19. The van der Waals surface area contributed by atoms with Crippen LogP contribution in [0.3, 0.4) is 0 Å². The van der Waals surface area contributed by atoms with Crippen molar-refractivity contribution in [1.82, 2.24) is 14.4 Å². The third kappa shape index (κ3) is 2.29. The lowest BCUT2D eigenvalue weighted by Crippen LogP contribution is -1.97. The van der Waals surface area contributed by atoms with Crippen molar-refractivity contribution in [3.05, 3.63) is 63.4 Å². The number of imidazole rings is 1. The maximum Gasteiger partial charge on any atom is 0.154 e. The predicted octanol–water partition coefficient (Wildman–Crippen LogP) is 4.28. The van der Waals surface area contributed by atoms with Gasteiger partial charge in [0, 0.05) is 18.8 Å². The van der Waals surface area contributed by atoms with E-state index in [1.165, 1.54) is 0 Å². The van der Waals surface area contributed by atoms with E-state index in [4.69, 9.17) is 34.8 Å². The van der Waals surface area contributed by atoms with E-state index in [0.717, 1.165) is 16.9 Å². The van der Waals surface area contributed by atoms with Gasteiger partial charge in [-0.05, 0) is 11.6 Å². The van der Waals surface area contributed by atoms with Gasteiger partial charge in [-0.25, -0.2) is 9.97 Å². The highest BCUT2D eigenvalue weighted by Gasteiger charge is 2.10. The second kappa shape index (κ2) is 5.00. The normalized spacial score (nSPS) is 11.1. The van der Waals surface area contributed by atoms with Crippen LogP contribution in [-0.2, 0) is 6.42 Å². The summed E-state index contributed by atoms with van der Waals surface area (Å²) in [5.41, 5.74) is 1.70. The highest BCUT2D eigenvalue weighted by Crippen LogP contribution is 2.27. The minimum absolute atomic E-state index is 0.429. The first-order valence-corrected chi connectivity index (χ1v) is 6.69. The Hall–Kier alpha value is -1.29. The predicted molar refractivity (Wildman–Crippen MR) is 77.3 cm³/mol. The molecule has 3 aromatic rings. The Labute approximate surface area is 124 Å². The van der Waals surface area contributed by atoms with Crippen LogP contribution in [0, 0.1) is 0 Å². The van der Waals surface area contributed by atoms with Crippen molar-refractivity contribution in [3.8, 4) is 0 Å². The minimum Gasteiger partial charge on any atom is -0.299 e. The maximum absolute atomic E-state index is 6.19. The van der Waals surface area contributed by atoms with Crippen LogP contribution in [-0.4, -0.2) is 14.4 Å². The summed E-state index contributed by atoms with van der Waals surface area (Å²) in [6, 6.07) is 5.56. The lowest BCUT2D eigenvalue weighted by molar-refractivity contribution is 0.953. The molecule has 0 unspecified atom stereocenters. The van der Waals surface area contributed by atoms with Gasteiger partial charge >= 0.3 is 0 Å². The van der Waals surface area contributed by atoms with Gasteiger partial charge in [-0.1, -0.05) is 46.9 Å². The molecule has 0 radical (unpaired) electrons. The largest absolute Gasteiger partial charge is 0.299 e. The first-order valence-electron chi connectivity index (χ1n) is 5.56. The van der Waals surface area contributed by atoms with Crippen molar-refractivity contribution in [3.63, 3.8) is 0 Å². The van der Waals surface area contributed by atoms with Gasteiger partial charge in [0.2, 0.25) is 0 Å². The molecular formula is C13H8Cl3N3. The van der Waals surface area contributed by atoms with Gasteiger partial charge in [0.1, 0.15) is 11.3 Å². The van der Waals surface area contributed by atoms with Crippen molar-refractivity contribution in [2.75, 3.05) is 0 Å². The fraction of sp³-hybridized carbons (Fsp3) is 0.0769. The second-order valence-corrected chi connectivity index (χ2v) is 5.18. The van der Waals surface area contributed by atoms with Crippen LogP contribution >= 0.6 is 34.8 Å². The standard InChI is InChI=1S/C13H8Cl3N3/c14-9-3-1-2-8(12(9)15)6-11-18-7-10-13(16)17-4-5-19(10)11/h1-5,7H,6H2. The fourth-order valence-electron chi connectivity index (χ4n) is 1.94. The molecule has 0 bridgehead atoms. The van der Waals surface area contributed by atoms with E-state index in [0.29, 0.717) is 21.6 Å². The molecule has 0 aliphatic rings. The van der Waals surface area contributed by atoms with Crippen molar-refractivity contribution >= 4 is 40.3 Å². The molecule has 0 aliphatic carbocycles. The molecule has 0 N–H and O–H groups in total. The van der Waals surface area contributed by atoms with Crippen molar-refractivity contribution in [2.45, 2.75) is 6.42 Å². The van der Waals surface area contributed by atoms with Crippen LogP contribution in [0.15, 0.2) is 36.8 Å². The van der Waals surface area contributed by atoms with Gasteiger partial charge in [-0.15, -0.1) is 0 Å². The van der Waals surface area contributed by atoms with E-state index in [1.807, 2.05) is 22.7 Å². The van der Waals surface area contributed by atoms with Gasteiger partial charge in [0.25, 0.3) is 0 Å². The SMILES string of the molecule is Clc1cccc(Cc2ncc3c(Cl)nccn23)c1Cl. The van der Waals surface area contributed by atoms with Crippen LogP contribution in [0.4, 0.5) is 0 Å². The molecule has 0 amide bonds. The Morgan fingerprint density at radius 2 is 1.95 bits per heavy atom. The number of hydrogen-bond acceptors (Lipinski definition) is 2. The Kier molecular flexibility index (Phi) is 3.35. The summed E-state index contributed by atoms with van der Waals surface area (Å²) in [6.07, 6.45) is 5.74. The monoisotopic (exact) mass is 311 g/mol. The number of nitrogens with zero attached hydrogens (tertiary/aromatic N) is 3. The summed E-state index contributed by atoms with van der Waals surface area (Å²) in [5.74, 6) is 0.837. The van der Waals surface area contributed by atoms with Crippen LogP contribution < -0.4 is 0 Å². The molecule has 2 heterocycles. The van der Waals surface area contributed by atoms with Crippen molar-refractivity contribution < 1.29 is 0 Å². The third-order valence-corrected chi connectivity index (χ3v) is 4.02. The Morgan fingerprint density at radius 1 is 1.11 bits per heavy atom. The summed E-state index contributed by atoms with van der Waals surface area (Å²) in [5, 5.41) is 1.53. The molecule has 6 heteroatoms. The Balaban J connectivity index is 2.07. The average Bonchev–Trinajstić information content (AvgIpc) is 2.80. The summed E-state index contributed by atoms with van der Waals surface area (Å²) in [4.78, 5) is 8.38. The number of aromatic nitrogens is 3. The van der Waals surface area contributed by atoms with E-state index in [-0.39, 0.29) is 0 Å². The molecule has 0 atom stereocenters. The zero-order valence-electron chi connectivity index (χ0n) is 9.65. The Bertz CT molecular complexity index is 752. The summed E-state index contributed by atoms with van der Waals surface area (Å²) >= 11 is 18.2. The van der Waals surface area contributed by atoms with Crippen molar-refractivity contribution in [1.29, 1.82) is 0 Å². The number of fused-ring (bicyclic) bond motifs is 1. The average molecular weight is 313 g/mol. The van der Waals surface area contributed by atoms with Crippen LogP contribution in [0.1, 0.15) is 11.4 Å². The zero-order valence-corrected chi connectivity index (χ0v) is 11.9. The Morgan fingerprint density at radius 3 is 2.79 bits per heavy atom. The number of rotatable bonds is 2. The molecule has 2 aromatic heterocycles. The molecule has 3 rings (SSSR count). The highest BCUT2D eigenvalue weighted by molar-refractivity contribution is 6.42. The highest BCUT2D eigenvalue weighted by atomic mass is 35.5. The minimum atomic E-state index is 0.429. The lowest BCUT2D eigenvalue weighted by atomic mass is 10.1. The first-order chi connectivity index (χ1) is 9.16. The van der Waals surface area contributed by atoms with E-state index in [9.17, 15) is 0 Å². The van der Waals surface area contributed by atoms with Crippen LogP contribution in [0.5, 0.6) is 0 Å². The van der Waals surface area contributed by atoms with Gasteiger partial charge in [0.05, 0.1) is 16.2 Å². The van der Waals surface area contributed by atoms with Gasteiger partial charge < -0.3 is 0 Å². The second-order valence-electron chi connectivity index (χ2n) is 4.04. The number of hydrogen-bond donors (Lipinski definition) is 0. The molecule has 96 valence electrons. The smallest absolute Gasteiger partial charge is 0.154 e. The van der Waals surface area contributed by atoms with Crippen LogP contribution in [0.2, 0.25) is 15.2 Å². The lowest BCUT2D eigenvalue weighted by Gasteiger charge is -2.05. The fourth-order valence-corrected chi connectivity index (χ4v) is 2.52. The molecule has 0 fully saturated rings. The molecule has 0 saturated heterocycles. The van der Waals surface area contributed by atoms with Crippen molar-refractivity contribution in [2.24, 2.45) is 0 Å². The molecule has 3 nitrogen and oxygen atoms in total. The van der Waals surface area contributed by atoms with E-state index in [1.54, 1.807) is 18.5 Å². The zero-order chi connectivity index (χ0) is 13.4. The van der Waals surface area contributed by atoms with Gasteiger partial charge in [0.15, 0.2) is 5.15 Å². The molecule has 0 spiro atoms. The quantitative estimate of drug-likeness (QED) is 0.707. The molecule has 1 aromatic carbocycles. The summed E-state index contributed by atoms with van der Waals surface area (Å²) in [7, 11) is 0. The number of benzene rings is 1. The van der Waals surface area contributed by atoms with E-state index < -0.39 is 0 Å². The van der Waals surface area contributed by atoms with Gasteiger partial charge in [-0.2, -0.15) is 0 Å². The third-order valence-electron chi connectivity index (χ3n) is 2.87. The van der Waals surface area contributed by atoms with Gasteiger partial charge in [-0.3, -0.25) is 4.40 Å². The molecular weight excluding hydrogens is 305 g/mol.